The summed E-state index contributed by atoms with van der Waals surface area (Å²) >= 11 is 3.25. The Labute approximate surface area is 117 Å². The zero-order chi connectivity index (χ0) is 13.9. The van der Waals surface area contributed by atoms with Crippen molar-refractivity contribution >= 4 is 31.6 Å². The number of likely N-dealkylation sites (N-methyl/N-ethyl adjacent to an activating group) is 1. The molecule has 1 aromatic carbocycles. The number of sulfonamides is 1. The van der Waals surface area contributed by atoms with Gasteiger partial charge in [0.15, 0.2) is 0 Å². The first-order chi connectivity index (χ1) is 8.28. The van der Waals surface area contributed by atoms with Gasteiger partial charge in [0.05, 0.1) is 4.90 Å². The van der Waals surface area contributed by atoms with Crippen LogP contribution < -0.4 is 5.73 Å². The minimum Gasteiger partial charge on any atom is -0.399 e. The first-order valence-electron chi connectivity index (χ1n) is 5.48. The van der Waals surface area contributed by atoms with Crippen molar-refractivity contribution in [2.24, 2.45) is 0 Å². The molecule has 0 unspecified atom stereocenters. The molecule has 0 heterocycles. The Balaban J connectivity index is 3.26. The summed E-state index contributed by atoms with van der Waals surface area (Å²) in [7, 11) is -3.55. The first kappa shape index (κ1) is 15.2. The van der Waals surface area contributed by atoms with Gasteiger partial charge in [-0.2, -0.15) is 4.31 Å². The lowest BCUT2D eigenvalue weighted by Gasteiger charge is -2.21. The third-order valence-electron chi connectivity index (χ3n) is 2.37. The van der Waals surface area contributed by atoms with E-state index in [0.717, 1.165) is 5.57 Å². The Morgan fingerprint density at radius 3 is 2.61 bits per heavy atom. The molecule has 0 saturated heterocycles. The van der Waals surface area contributed by atoms with Crippen LogP contribution in [0.5, 0.6) is 0 Å². The van der Waals surface area contributed by atoms with Gasteiger partial charge in [0.2, 0.25) is 10.0 Å². The fourth-order valence-electron chi connectivity index (χ4n) is 1.52. The van der Waals surface area contributed by atoms with Crippen LogP contribution in [0.2, 0.25) is 0 Å². The van der Waals surface area contributed by atoms with Crippen LogP contribution in [-0.4, -0.2) is 25.8 Å². The predicted molar refractivity (Wildman–Crippen MR) is 77.8 cm³/mol. The highest BCUT2D eigenvalue weighted by atomic mass is 79.9. The van der Waals surface area contributed by atoms with Crippen LogP contribution in [0, 0.1) is 0 Å². The smallest absolute Gasteiger partial charge is 0.244 e. The van der Waals surface area contributed by atoms with Gasteiger partial charge in [0, 0.05) is 23.2 Å². The number of rotatable bonds is 5. The Morgan fingerprint density at radius 1 is 1.50 bits per heavy atom. The molecule has 6 heteroatoms. The monoisotopic (exact) mass is 332 g/mol. The molecule has 1 rings (SSSR count). The normalized spacial score (nSPS) is 11.8. The lowest BCUT2D eigenvalue weighted by Crippen LogP contribution is -2.32. The molecular formula is C12H17BrN2O2S. The topological polar surface area (TPSA) is 63.4 Å². The van der Waals surface area contributed by atoms with Crippen molar-refractivity contribution in [1.29, 1.82) is 0 Å². The standard InChI is InChI=1S/C12H17BrN2O2S/c1-4-15(8-9(2)3)18(16,17)12-7-10(14)5-6-11(12)13/h5-7H,2,4,8,14H2,1,3H3. The second-order valence-corrected chi connectivity index (χ2v) is 6.84. The lowest BCUT2D eigenvalue weighted by molar-refractivity contribution is 0.452. The summed E-state index contributed by atoms with van der Waals surface area (Å²) in [5.74, 6) is 0. The summed E-state index contributed by atoms with van der Waals surface area (Å²) in [4.78, 5) is 0.186. The molecule has 0 atom stereocenters. The van der Waals surface area contributed by atoms with Crippen LogP contribution >= 0.6 is 15.9 Å². The van der Waals surface area contributed by atoms with Gasteiger partial charge >= 0.3 is 0 Å². The molecule has 0 saturated carbocycles. The molecule has 0 fully saturated rings. The highest BCUT2D eigenvalue weighted by molar-refractivity contribution is 9.10. The number of nitrogen functional groups attached to an aromatic ring is 1. The average molecular weight is 333 g/mol. The van der Waals surface area contributed by atoms with E-state index in [0.29, 0.717) is 23.2 Å². The van der Waals surface area contributed by atoms with Gasteiger partial charge in [0.1, 0.15) is 0 Å². The fourth-order valence-corrected chi connectivity index (χ4v) is 3.99. The minimum atomic E-state index is -3.55. The van der Waals surface area contributed by atoms with Crippen LogP contribution in [0.15, 0.2) is 39.7 Å². The van der Waals surface area contributed by atoms with Crippen molar-refractivity contribution in [2.45, 2.75) is 18.7 Å². The molecule has 0 aliphatic carbocycles. The van der Waals surface area contributed by atoms with Gasteiger partial charge in [-0.15, -0.1) is 0 Å². The number of nitrogens with zero attached hydrogens (tertiary/aromatic N) is 1. The summed E-state index contributed by atoms with van der Waals surface area (Å²) < 4.78 is 26.8. The Kier molecular flexibility index (Phi) is 4.95. The molecule has 0 aliphatic heterocycles. The highest BCUT2D eigenvalue weighted by Gasteiger charge is 2.25. The van der Waals surface area contributed by atoms with Crippen molar-refractivity contribution < 1.29 is 8.42 Å². The third kappa shape index (κ3) is 3.34. The molecule has 0 aliphatic rings. The quantitative estimate of drug-likeness (QED) is 0.665. The molecule has 2 N–H and O–H groups in total. The molecule has 4 nitrogen and oxygen atoms in total. The molecule has 0 spiro atoms. The zero-order valence-electron chi connectivity index (χ0n) is 10.5. The summed E-state index contributed by atoms with van der Waals surface area (Å²) in [6.07, 6.45) is 0. The maximum atomic E-state index is 12.5. The van der Waals surface area contributed by atoms with Crippen molar-refractivity contribution in [1.82, 2.24) is 4.31 Å². The summed E-state index contributed by atoms with van der Waals surface area (Å²) in [6.45, 7) is 8.03. The van der Waals surface area contributed by atoms with E-state index in [-0.39, 0.29) is 4.90 Å². The van der Waals surface area contributed by atoms with Crippen LogP contribution in [-0.2, 0) is 10.0 Å². The first-order valence-corrected chi connectivity index (χ1v) is 7.72. The Bertz CT molecular complexity index is 555. The highest BCUT2D eigenvalue weighted by Crippen LogP contribution is 2.27. The molecule has 18 heavy (non-hydrogen) atoms. The van der Waals surface area contributed by atoms with E-state index in [1.807, 2.05) is 0 Å². The number of nitrogens with two attached hydrogens (primary N) is 1. The third-order valence-corrected chi connectivity index (χ3v) is 5.29. The summed E-state index contributed by atoms with van der Waals surface area (Å²) in [5.41, 5.74) is 6.86. The average Bonchev–Trinajstić information content (AvgIpc) is 2.28. The van der Waals surface area contributed by atoms with Crippen molar-refractivity contribution in [3.05, 3.63) is 34.8 Å². The molecule has 0 bridgehead atoms. The van der Waals surface area contributed by atoms with Crippen LogP contribution in [0.3, 0.4) is 0 Å². The largest absolute Gasteiger partial charge is 0.399 e. The molecule has 0 aromatic heterocycles. The second kappa shape index (κ2) is 5.86. The van der Waals surface area contributed by atoms with Crippen LogP contribution in [0.25, 0.3) is 0 Å². The van der Waals surface area contributed by atoms with E-state index in [1.54, 1.807) is 26.0 Å². The Morgan fingerprint density at radius 2 is 2.11 bits per heavy atom. The van der Waals surface area contributed by atoms with Crippen molar-refractivity contribution in [3.8, 4) is 0 Å². The lowest BCUT2D eigenvalue weighted by atomic mass is 10.3. The maximum Gasteiger partial charge on any atom is 0.244 e. The number of benzene rings is 1. The van der Waals surface area contributed by atoms with E-state index in [2.05, 4.69) is 22.5 Å². The van der Waals surface area contributed by atoms with E-state index >= 15 is 0 Å². The predicted octanol–water partition coefficient (Wildman–Crippen LogP) is 2.62. The number of hydrogen-bond donors (Lipinski definition) is 1. The molecule has 0 radical (unpaired) electrons. The van der Waals surface area contributed by atoms with Gasteiger partial charge in [-0.3, -0.25) is 0 Å². The van der Waals surface area contributed by atoms with Gasteiger partial charge in [0.25, 0.3) is 0 Å². The van der Waals surface area contributed by atoms with Crippen LogP contribution in [0.4, 0.5) is 5.69 Å². The van der Waals surface area contributed by atoms with Gasteiger partial charge < -0.3 is 5.73 Å². The molecule has 100 valence electrons. The van der Waals surface area contributed by atoms with Crippen molar-refractivity contribution in [2.75, 3.05) is 18.8 Å². The van der Waals surface area contributed by atoms with E-state index in [4.69, 9.17) is 5.73 Å². The summed E-state index contributed by atoms with van der Waals surface area (Å²) in [6, 6.07) is 4.75. The second-order valence-electron chi connectivity index (χ2n) is 4.08. The Hall–Kier alpha value is -0.850. The van der Waals surface area contributed by atoms with E-state index < -0.39 is 10.0 Å². The number of halogens is 1. The number of hydrogen-bond acceptors (Lipinski definition) is 3. The SMILES string of the molecule is C=C(C)CN(CC)S(=O)(=O)c1cc(N)ccc1Br. The van der Waals surface area contributed by atoms with Gasteiger partial charge in [-0.1, -0.05) is 19.1 Å². The van der Waals surface area contributed by atoms with E-state index in [1.165, 1.54) is 10.4 Å². The van der Waals surface area contributed by atoms with Crippen LogP contribution in [0.1, 0.15) is 13.8 Å². The fraction of sp³-hybridized carbons (Fsp3) is 0.333. The molecule has 1 aromatic rings. The van der Waals surface area contributed by atoms with Crippen molar-refractivity contribution in [3.63, 3.8) is 0 Å². The molecule has 0 amide bonds. The van der Waals surface area contributed by atoms with Gasteiger partial charge in [-0.25, -0.2) is 8.42 Å². The maximum absolute atomic E-state index is 12.5. The molecular weight excluding hydrogens is 316 g/mol. The minimum absolute atomic E-state index is 0.186. The summed E-state index contributed by atoms with van der Waals surface area (Å²) in [5, 5.41) is 0. The van der Waals surface area contributed by atoms with E-state index in [9.17, 15) is 8.42 Å². The zero-order valence-corrected chi connectivity index (χ0v) is 12.9. The van der Waals surface area contributed by atoms with Gasteiger partial charge in [-0.05, 0) is 41.1 Å². The number of anilines is 1.